The third kappa shape index (κ3) is 5.05. The minimum Gasteiger partial charge on any atom is -0.497 e. The number of carbonyl (C=O) groups excluding carboxylic acids is 1. The van der Waals surface area contributed by atoms with E-state index in [0.29, 0.717) is 13.1 Å². The van der Waals surface area contributed by atoms with Gasteiger partial charge in [0.1, 0.15) is 5.75 Å². The highest BCUT2D eigenvalue weighted by Gasteiger charge is 2.29. The van der Waals surface area contributed by atoms with E-state index in [4.69, 9.17) is 4.74 Å². The van der Waals surface area contributed by atoms with Gasteiger partial charge in [0.05, 0.1) is 13.2 Å². The number of rotatable bonds is 6. The van der Waals surface area contributed by atoms with Gasteiger partial charge in [0, 0.05) is 31.7 Å². The van der Waals surface area contributed by atoms with E-state index in [1.165, 1.54) is 11.1 Å². The number of nitrogens with zero attached hydrogens (tertiary/aromatic N) is 2. The van der Waals surface area contributed by atoms with Gasteiger partial charge in [-0.3, -0.25) is 9.69 Å². The third-order valence-electron chi connectivity index (χ3n) is 7.07. The molecule has 0 unspecified atom stereocenters. The van der Waals surface area contributed by atoms with Crippen molar-refractivity contribution in [2.24, 2.45) is 0 Å². The van der Waals surface area contributed by atoms with Crippen LogP contribution < -0.4 is 4.74 Å². The zero-order chi connectivity index (χ0) is 24.9. The van der Waals surface area contributed by atoms with Crippen LogP contribution in [0.15, 0.2) is 103 Å². The van der Waals surface area contributed by atoms with E-state index >= 15 is 0 Å². The fourth-order valence-electron chi connectivity index (χ4n) is 5.07. The van der Waals surface area contributed by atoms with E-state index < -0.39 is 0 Å². The zero-order valence-electron chi connectivity index (χ0n) is 20.9. The smallest absolute Gasteiger partial charge is 0.254 e. The maximum atomic E-state index is 13.6. The Hall–Kier alpha value is -3.89. The summed E-state index contributed by atoms with van der Waals surface area (Å²) < 4.78 is 5.39. The van der Waals surface area contributed by atoms with Gasteiger partial charge >= 0.3 is 0 Å². The molecule has 5 rings (SSSR count). The lowest BCUT2D eigenvalue weighted by Gasteiger charge is -2.40. The lowest BCUT2D eigenvalue weighted by atomic mass is 9.96. The highest BCUT2D eigenvalue weighted by molar-refractivity contribution is 5.97. The first-order valence-electron chi connectivity index (χ1n) is 12.5. The molecule has 0 radical (unpaired) electrons. The van der Waals surface area contributed by atoms with Crippen molar-refractivity contribution in [2.45, 2.75) is 13.0 Å². The molecule has 36 heavy (non-hydrogen) atoms. The molecule has 0 aliphatic carbocycles. The molecular weight excluding hydrogens is 444 g/mol. The van der Waals surface area contributed by atoms with Crippen LogP contribution >= 0.6 is 0 Å². The normalized spacial score (nSPS) is 14.1. The SMILES string of the molecule is COc1cccc(-c2ccc(C)c(C(=O)N3CCN(C(c4ccccc4)c4ccccc4)CC3)c2)c1. The summed E-state index contributed by atoms with van der Waals surface area (Å²) in [4.78, 5) is 18.1. The van der Waals surface area contributed by atoms with Crippen LogP contribution in [0.25, 0.3) is 11.1 Å². The Morgan fingerprint density at radius 3 is 1.94 bits per heavy atom. The number of hydrogen-bond donors (Lipinski definition) is 0. The molecule has 1 amide bonds. The summed E-state index contributed by atoms with van der Waals surface area (Å²) in [6.07, 6.45) is 0. The molecular formula is C32H32N2O2. The summed E-state index contributed by atoms with van der Waals surface area (Å²) in [5.74, 6) is 0.913. The summed E-state index contributed by atoms with van der Waals surface area (Å²) in [5, 5.41) is 0. The maximum absolute atomic E-state index is 13.6. The van der Waals surface area contributed by atoms with Crippen molar-refractivity contribution in [3.63, 3.8) is 0 Å². The van der Waals surface area contributed by atoms with Crippen molar-refractivity contribution in [1.82, 2.24) is 9.80 Å². The number of carbonyl (C=O) groups is 1. The van der Waals surface area contributed by atoms with Crippen LogP contribution in [0.3, 0.4) is 0 Å². The van der Waals surface area contributed by atoms with E-state index in [1.807, 2.05) is 48.2 Å². The Balaban J connectivity index is 1.34. The van der Waals surface area contributed by atoms with Gasteiger partial charge in [0.15, 0.2) is 0 Å². The zero-order valence-corrected chi connectivity index (χ0v) is 20.9. The highest BCUT2D eigenvalue weighted by atomic mass is 16.5. The minimum absolute atomic E-state index is 0.105. The Labute approximate surface area is 213 Å². The predicted octanol–water partition coefficient (Wildman–Crippen LogP) is 6.22. The van der Waals surface area contributed by atoms with Crippen molar-refractivity contribution in [2.75, 3.05) is 33.3 Å². The largest absolute Gasteiger partial charge is 0.497 e. The number of benzene rings is 4. The van der Waals surface area contributed by atoms with Crippen LogP contribution in [0.4, 0.5) is 0 Å². The van der Waals surface area contributed by atoms with E-state index in [-0.39, 0.29) is 11.9 Å². The molecule has 1 aliphatic rings. The van der Waals surface area contributed by atoms with Gasteiger partial charge in [-0.25, -0.2) is 0 Å². The second kappa shape index (κ2) is 10.8. The number of piperazine rings is 1. The van der Waals surface area contributed by atoms with Crippen molar-refractivity contribution in [1.29, 1.82) is 0 Å². The number of aryl methyl sites for hydroxylation is 1. The second-order valence-electron chi connectivity index (χ2n) is 9.31. The minimum atomic E-state index is 0.105. The lowest BCUT2D eigenvalue weighted by molar-refractivity contribution is 0.0596. The van der Waals surface area contributed by atoms with E-state index in [2.05, 4.69) is 71.6 Å². The Bertz CT molecular complexity index is 1270. The molecule has 4 aromatic carbocycles. The van der Waals surface area contributed by atoms with Crippen LogP contribution in [-0.2, 0) is 0 Å². The van der Waals surface area contributed by atoms with Crippen molar-refractivity contribution < 1.29 is 9.53 Å². The number of ether oxygens (including phenoxy) is 1. The molecule has 0 atom stereocenters. The summed E-state index contributed by atoms with van der Waals surface area (Å²) in [7, 11) is 1.67. The van der Waals surface area contributed by atoms with Gasteiger partial charge in [-0.05, 0) is 52.9 Å². The number of methoxy groups -OCH3 is 1. The summed E-state index contributed by atoms with van der Waals surface area (Å²) in [6.45, 7) is 5.08. The van der Waals surface area contributed by atoms with Crippen LogP contribution in [0, 0.1) is 6.92 Å². The molecule has 182 valence electrons. The van der Waals surface area contributed by atoms with Crippen molar-refractivity contribution in [3.8, 4) is 16.9 Å². The predicted molar refractivity (Wildman–Crippen MR) is 145 cm³/mol. The van der Waals surface area contributed by atoms with Crippen LogP contribution in [0.1, 0.15) is 33.1 Å². The summed E-state index contributed by atoms with van der Waals surface area (Å²) in [5.41, 5.74) is 6.40. The molecule has 0 aromatic heterocycles. The number of amides is 1. The first-order chi connectivity index (χ1) is 17.6. The average molecular weight is 477 g/mol. The first-order valence-corrected chi connectivity index (χ1v) is 12.5. The summed E-state index contributed by atoms with van der Waals surface area (Å²) in [6, 6.07) is 35.6. The molecule has 0 bridgehead atoms. The Kier molecular flexibility index (Phi) is 7.15. The van der Waals surface area contributed by atoms with Crippen molar-refractivity contribution >= 4 is 5.91 Å². The topological polar surface area (TPSA) is 32.8 Å². The highest BCUT2D eigenvalue weighted by Crippen LogP contribution is 2.30. The molecule has 4 nitrogen and oxygen atoms in total. The van der Waals surface area contributed by atoms with Gasteiger partial charge in [0.2, 0.25) is 0 Å². The Morgan fingerprint density at radius 1 is 0.722 bits per heavy atom. The molecule has 1 aliphatic heterocycles. The second-order valence-corrected chi connectivity index (χ2v) is 9.31. The van der Waals surface area contributed by atoms with Crippen LogP contribution in [-0.4, -0.2) is 49.0 Å². The molecule has 4 aromatic rings. The van der Waals surface area contributed by atoms with Gasteiger partial charge in [-0.15, -0.1) is 0 Å². The average Bonchev–Trinajstić information content (AvgIpc) is 2.95. The quantitative estimate of drug-likeness (QED) is 0.331. The van der Waals surface area contributed by atoms with Gasteiger partial charge in [-0.2, -0.15) is 0 Å². The molecule has 0 spiro atoms. The molecule has 1 fully saturated rings. The summed E-state index contributed by atoms with van der Waals surface area (Å²) >= 11 is 0. The standard InChI is InChI=1S/C32H32N2O2/c1-24-16-17-28(27-14-9-15-29(22-27)36-2)23-30(24)32(35)34-20-18-33(19-21-34)31(25-10-5-3-6-11-25)26-12-7-4-8-13-26/h3-17,22-23,31H,18-21H2,1-2H3. The maximum Gasteiger partial charge on any atom is 0.254 e. The van der Waals surface area contributed by atoms with Gasteiger partial charge in [-0.1, -0.05) is 84.9 Å². The molecule has 0 saturated carbocycles. The molecule has 0 N–H and O–H groups in total. The fraction of sp³-hybridized carbons (Fsp3) is 0.219. The molecule has 1 saturated heterocycles. The van der Waals surface area contributed by atoms with Crippen LogP contribution in [0.5, 0.6) is 5.75 Å². The van der Waals surface area contributed by atoms with Gasteiger partial charge in [0.25, 0.3) is 5.91 Å². The fourth-order valence-corrected chi connectivity index (χ4v) is 5.07. The Morgan fingerprint density at radius 2 is 1.33 bits per heavy atom. The third-order valence-corrected chi connectivity index (χ3v) is 7.07. The van der Waals surface area contributed by atoms with E-state index in [1.54, 1.807) is 7.11 Å². The van der Waals surface area contributed by atoms with E-state index in [0.717, 1.165) is 41.1 Å². The lowest BCUT2D eigenvalue weighted by Crippen LogP contribution is -2.50. The molecule has 1 heterocycles. The van der Waals surface area contributed by atoms with Crippen molar-refractivity contribution in [3.05, 3.63) is 125 Å². The molecule has 4 heteroatoms. The first kappa shape index (κ1) is 23.8. The monoisotopic (exact) mass is 476 g/mol. The van der Waals surface area contributed by atoms with Crippen LogP contribution in [0.2, 0.25) is 0 Å². The number of hydrogen-bond acceptors (Lipinski definition) is 3. The van der Waals surface area contributed by atoms with Gasteiger partial charge < -0.3 is 9.64 Å². The van der Waals surface area contributed by atoms with E-state index in [9.17, 15) is 4.79 Å².